The van der Waals surface area contributed by atoms with E-state index in [1.54, 1.807) is 19.1 Å². The van der Waals surface area contributed by atoms with Crippen molar-refractivity contribution in [1.82, 2.24) is 4.31 Å². The molecule has 31 heavy (non-hydrogen) atoms. The van der Waals surface area contributed by atoms with Crippen molar-refractivity contribution in [3.05, 3.63) is 47.8 Å². The van der Waals surface area contributed by atoms with E-state index in [1.165, 1.54) is 28.6 Å². The fraction of sp³-hybridized carbons (Fsp3) is 0.333. The summed E-state index contributed by atoms with van der Waals surface area (Å²) in [6.45, 7) is 1.81. The summed E-state index contributed by atoms with van der Waals surface area (Å²) in [5, 5.41) is 5.27. The van der Waals surface area contributed by atoms with Crippen molar-refractivity contribution in [2.45, 2.75) is 24.7 Å². The highest BCUT2D eigenvalue weighted by atomic mass is 32.2. The Balaban J connectivity index is 1.49. The predicted molar refractivity (Wildman–Crippen MR) is 112 cm³/mol. The van der Waals surface area contributed by atoms with Crippen LogP contribution in [0.1, 0.15) is 18.4 Å². The average Bonchev–Trinajstić information content (AvgIpc) is 2.75. The molecule has 2 aromatic rings. The number of halogens is 1. The molecule has 1 atom stereocenters. The molecule has 10 heteroatoms. The van der Waals surface area contributed by atoms with Crippen molar-refractivity contribution >= 4 is 33.2 Å². The van der Waals surface area contributed by atoms with E-state index in [0.717, 1.165) is 0 Å². The maximum atomic E-state index is 13.7. The van der Waals surface area contributed by atoms with Gasteiger partial charge < -0.3 is 15.4 Å². The molecule has 0 saturated carbocycles. The first-order chi connectivity index (χ1) is 14.7. The number of carbonyl (C=O) groups is 2. The SMILES string of the molecule is Cc1ccc(NC(=O)[C@@H]2CCCN(S(=O)(=O)c3ccc4c(c3)NC(=O)CO4)C2)cc1F. The van der Waals surface area contributed by atoms with Crippen LogP contribution < -0.4 is 15.4 Å². The molecule has 0 spiro atoms. The third kappa shape index (κ3) is 4.40. The van der Waals surface area contributed by atoms with E-state index in [-0.39, 0.29) is 36.4 Å². The molecule has 8 nitrogen and oxygen atoms in total. The van der Waals surface area contributed by atoms with Gasteiger partial charge in [-0.3, -0.25) is 9.59 Å². The highest BCUT2D eigenvalue weighted by Crippen LogP contribution is 2.32. The number of fused-ring (bicyclic) bond motifs is 1. The van der Waals surface area contributed by atoms with Gasteiger partial charge in [0.1, 0.15) is 11.6 Å². The Labute approximate surface area is 179 Å². The van der Waals surface area contributed by atoms with E-state index in [4.69, 9.17) is 4.74 Å². The molecule has 2 heterocycles. The number of ether oxygens (including phenoxy) is 1. The molecule has 2 aliphatic rings. The van der Waals surface area contributed by atoms with Crippen LogP contribution in [0.25, 0.3) is 0 Å². The van der Waals surface area contributed by atoms with Crippen molar-refractivity contribution in [2.24, 2.45) is 5.92 Å². The molecule has 0 unspecified atom stereocenters. The Morgan fingerprint density at radius 2 is 2.06 bits per heavy atom. The van der Waals surface area contributed by atoms with Crippen molar-refractivity contribution < 1.29 is 27.1 Å². The minimum Gasteiger partial charge on any atom is -0.482 e. The molecule has 0 aliphatic carbocycles. The molecule has 0 radical (unpaired) electrons. The average molecular weight is 447 g/mol. The third-order valence-electron chi connectivity index (χ3n) is 5.42. The van der Waals surface area contributed by atoms with Crippen molar-refractivity contribution in [3.8, 4) is 5.75 Å². The van der Waals surface area contributed by atoms with Gasteiger partial charge in [-0.2, -0.15) is 4.31 Å². The lowest BCUT2D eigenvalue weighted by atomic mass is 9.98. The van der Waals surface area contributed by atoms with E-state index < -0.39 is 21.8 Å². The Bertz CT molecular complexity index is 1150. The number of hydrogen-bond donors (Lipinski definition) is 2. The standard InChI is InChI=1S/C21H22FN3O5S/c1-13-4-5-15(9-17(13)22)23-21(27)14-3-2-8-25(11-14)31(28,29)16-6-7-19-18(10-16)24-20(26)12-30-19/h4-7,9-10,14H,2-3,8,11-12H2,1H3,(H,23,27)(H,24,26)/t14-/m1/s1. The number of nitrogens with zero attached hydrogens (tertiary/aromatic N) is 1. The number of hydrogen-bond acceptors (Lipinski definition) is 5. The van der Waals surface area contributed by atoms with E-state index in [1.807, 2.05) is 0 Å². The van der Waals surface area contributed by atoms with Gasteiger partial charge in [-0.05, 0) is 55.7 Å². The summed E-state index contributed by atoms with van der Waals surface area (Å²) in [6.07, 6.45) is 1.05. The van der Waals surface area contributed by atoms with Gasteiger partial charge >= 0.3 is 0 Å². The molecule has 0 bridgehead atoms. The van der Waals surface area contributed by atoms with E-state index in [2.05, 4.69) is 10.6 Å². The molecule has 0 aromatic heterocycles. The zero-order valence-electron chi connectivity index (χ0n) is 16.9. The van der Waals surface area contributed by atoms with Gasteiger partial charge in [-0.25, -0.2) is 12.8 Å². The first-order valence-corrected chi connectivity index (χ1v) is 11.3. The lowest BCUT2D eigenvalue weighted by molar-refractivity contribution is -0.121. The van der Waals surface area contributed by atoms with Gasteiger partial charge in [-0.1, -0.05) is 6.07 Å². The summed E-state index contributed by atoms with van der Waals surface area (Å²) in [6, 6.07) is 8.71. The fourth-order valence-corrected chi connectivity index (χ4v) is 5.21. The van der Waals surface area contributed by atoms with Crippen molar-refractivity contribution in [3.63, 3.8) is 0 Å². The van der Waals surface area contributed by atoms with Crippen LogP contribution in [-0.2, 0) is 19.6 Å². The molecule has 2 aromatic carbocycles. The van der Waals surface area contributed by atoms with Crippen LogP contribution in [0.4, 0.5) is 15.8 Å². The normalized spacial score (nSPS) is 19.2. The summed E-state index contributed by atoms with van der Waals surface area (Å²) < 4.78 is 46.6. The number of carbonyl (C=O) groups excluding carboxylic acids is 2. The monoisotopic (exact) mass is 447 g/mol. The van der Waals surface area contributed by atoms with Gasteiger partial charge in [0.05, 0.1) is 16.5 Å². The fourth-order valence-electron chi connectivity index (χ4n) is 3.66. The summed E-state index contributed by atoms with van der Waals surface area (Å²) in [7, 11) is -3.88. The van der Waals surface area contributed by atoms with Crippen LogP contribution in [0.2, 0.25) is 0 Å². The zero-order chi connectivity index (χ0) is 22.2. The van der Waals surface area contributed by atoms with Gasteiger partial charge in [-0.15, -0.1) is 0 Å². The number of benzene rings is 2. The summed E-state index contributed by atoms with van der Waals surface area (Å²) in [5.74, 6) is -1.29. The van der Waals surface area contributed by atoms with E-state index in [9.17, 15) is 22.4 Å². The molecule has 1 saturated heterocycles. The molecular weight excluding hydrogens is 425 g/mol. The number of anilines is 2. The topological polar surface area (TPSA) is 105 Å². The molecule has 2 aliphatic heterocycles. The second-order valence-corrected chi connectivity index (χ2v) is 9.59. The highest BCUT2D eigenvalue weighted by Gasteiger charge is 2.34. The van der Waals surface area contributed by atoms with Gasteiger partial charge in [0, 0.05) is 18.8 Å². The third-order valence-corrected chi connectivity index (χ3v) is 7.28. The van der Waals surface area contributed by atoms with Gasteiger partial charge in [0.25, 0.3) is 5.91 Å². The Morgan fingerprint density at radius 3 is 2.84 bits per heavy atom. The molecule has 2 amide bonds. The molecule has 2 N–H and O–H groups in total. The molecule has 1 fully saturated rings. The maximum Gasteiger partial charge on any atom is 0.262 e. The highest BCUT2D eigenvalue weighted by molar-refractivity contribution is 7.89. The minimum absolute atomic E-state index is 0.0127. The summed E-state index contributed by atoms with van der Waals surface area (Å²) >= 11 is 0. The quantitative estimate of drug-likeness (QED) is 0.749. The Kier molecular flexibility index (Phi) is 5.67. The summed E-state index contributed by atoms with van der Waals surface area (Å²) in [4.78, 5) is 24.2. The number of aryl methyl sites for hydroxylation is 1. The van der Waals surface area contributed by atoms with Crippen LogP contribution in [0.5, 0.6) is 5.75 Å². The van der Waals surface area contributed by atoms with Crippen LogP contribution in [0.3, 0.4) is 0 Å². The molecule has 4 rings (SSSR count). The van der Waals surface area contributed by atoms with E-state index in [0.29, 0.717) is 35.5 Å². The first-order valence-electron chi connectivity index (χ1n) is 9.88. The van der Waals surface area contributed by atoms with Crippen molar-refractivity contribution in [1.29, 1.82) is 0 Å². The van der Waals surface area contributed by atoms with Gasteiger partial charge in [0.2, 0.25) is 15.9 Å². The maximum absolute atomic E-state index is 13.7. The van der Waals surface area contributed by atoms with Crippen molar-refractivity contribution in [2.75, 3.05) is 30.3 Å². The first kappa shape index (κ1) is 21.3. The second kappa shape index (κ2) is 8.27. The number of rotatable bonds is 4. The predicted octanol–water partition coefficient (Wildman–Crippen LogP) is 2.50. The second-order valence-electron chi connectivity index (χ2n) is 7.65. The number of nitrogens with one attached hydrogen (secondary N) is 2. The number of piperidine rings is 1. The Hall–Kier alpha value is -2.98. The number of amides is 2. The van der Waals surface area contributed by atoms with Crippen LogP contribution in [-0.4, -0.2) is 44.2 Å². The minimum atomic E-state index is -3.88. The lowest BCUT2D eigenvalue weighted by Gasteiger charge is -2.31. The lowest BCUT2D eigenvalue weighted by Crippen LogP contribution is -2.43. The van der Waals surface area contributed by atoms with Crippen LogP contribution in [0, 0.1) is 18.7 Å². The van der Waals surface area contributed by atoms with E-state index >= 15 is 0 Å². The Morgan fingerprint density at radius 1 is 1.26 bits per heavy atom. The van der Waals surface area contributed by atoms with Gasteiger partial charge in [0.15, 0.2) is 6.61 Å². The summed E-state index contributed by atoms with van der Waals surface area (Å²) in [5.41, 5.74) is 1.10. The molecular formula is C21H22FN3O5S. The smallest absolute Gasteiger partial charge is 0.262 e. The van der Waals surface area contributed by atoms with Crippen LogP contribution >= 0.6 is 0 Å². The largest absolute Gasteiger partial charge is 0.482 e. The zero-order valence-corrected chi connectivity index (χ0v) is 17.7. The van der Waals surface area contributed by atoms with Crippen LogP contribution in [0.15, 0.2) is 41.3 Å². The molecule has 164 valence electrons. The number of sulfonamides is 1.